The van der Waals surface area contributed by atoms with Gasteiger partial charge in [-0.3, -0.25) is 4.79 Å². The van der Waals surface area contributed by atoms with Gasteiger partial charge in [-0.2, -0.15) is 4.98 Å². The number of anilines is 2. The van der Waals surface area contributed by atoms with Crippen LogP contribution in [0.15, 0.2) is 30.3 Å². The van der Waals surface area contributed by atoms with Crippen molar-refractivity contribution in [2.45, 2.75) is 13.3 Å². The summed E-state index contributed by atoms with van der Waals surface area (Å²) in [7, 11) is 3.74. The third-order valence-corrected chi connectivity index (χ3v) is 3.34. The molecule has 0 aliphatic heterocycles. The van der Waals surface area contributed by atoms with Gasteiger partial charge >= 0.3 is 6.36 Å². The highest BCUT2D eigenvalue weighted by Gasteiger charge is 2.31. The SMILES string of the molecule is Cc1cc(N(C)C)nc(NCCNC(=O)c2ccc(OC(F)(F)F)cc2)n1. The molecule has 0 saturated heterocycles. The molecule has 1 heterocycles. The van der Waals surface area contributed by atoms with E-state index in [1.54, 1.807) is 0 Å². The van der Waals surface area contributed by atoms with E-state index in [9.17, 15) is 18.0 Å². The van der Waals surface area contributed by atoms with E-state index >= 15 is 0 Å². The Kier molecular flexibility index (Phi) is 6.43. The van der Waals surface area contributed by atoms with Crippen LogP contribution in [-0.4, -0.2) is 49.4 Å². The van der Waals surface area contributed by atoms with E-state index in [0.717, 1.165) is 23.6 Å². The van der Waals surface area contributed by atoms with E-state index < -0.39 is 12.3 Å². The zero-order chi connectivity index (χ0) is 20.0. The Labute approximate surface area is 154 Å². The van der Waals surface area contributed by atoms with Gasteiger partial charge in [-0.25, -0.2) is 4.98 Å². The fourth-order valence-electron chi connectivity index (χ4n) is 2.12. The molecule has 1 aromatic carbocycles. The number of benzene rings is 1. The van der Waals surface area contributed by atoms with Crippen molar-refractivity contribution in [3.05, 3.63) is 41.6 Å². The summed E-state index contributed by atoms with van der Waals surface area (Å²) in [4.78, 5) is 22.5. The maximum Gasteiger partial charge on any atom is 0.573 e. The highest BCUT2D eigenvalue weighted by atomic mass is 19.4. The molecule has 0 fully saturated rings. The summed E-state index contributed by atoms with van der Waals surface area (Å²) in [6.45, 7) is 2.53. The van der Waals surface area contributed by atoms with E-state index in [4.69, 9.17) is 0 Å². The van der Waals surface area contributed by atoms with Gasteiger partial charge in [0.15, 0.2) is 0 Å². The lowest BCUT2D eigenvalue weighted by Crippen LogP contribution is -2.29. The van der Waals surface area contributed by atoms with Gasteiger partial charge in [-0.05, 0) is 31.2 Å². The van der Waals surface area contributed by atoms with Crippen molar-refractivity contribution in [1.29, 1.82) is 0 Å². The number of halogens is 3. The van der Waals surface area contributed by atoms with E-state index in [-0.39, 0.29) is 17.9 Å². The van der Waals surface area contributed by atoms with Crippen molar-refractivity contribution in [1.82, 2.24) is 15.3 Å². The summed E-state index contributed by atoms with van der Waals surface area (Å²) in [5.41, 5.74) is 1.03. The molecule has 2 aromatic rings. The molecule has 0 bridgehead atoms. The quantitative estimate of drug-likeness (QED) is 0.716. The number of nitrogens with one attached hydrogen (secondary N) is 2. The molecule has 2 rings (SSSR count). The number of hydrogen-bond acceptors (Lipinski definition) is 6. The normalized spacial score (nSPS) is 11.0. The molecule has 1 aromatic heterocycles. The first-order valence-corrected chi connectivity index (χ1v) is 8.05. The predicted molar refractivity (Wildman–Crippen MR) is 95.0 cm³/mol. The summed E-state index contributed by atoms with van der Waals surface area (Å²) in [5, 5.41) is 5.67. The summed E-state index contributed by atoms with van der Waals surface area (Å²) >= 11 is 0. The molecule has 0 aliphatic carbocycles. The van der Waals surface area contributed by atoms with Crippen LogP contribution in [0.2, 0.25) is 0 Å². The lowest BCUT2D eigenvalue weighted by atomic mass is 10.2. The average Bonchev–Trinajstić information content (AvgIpc) is 2.57. The van der Waals surface area contributed by atoms with Crippen LogP contribution in [0.25, 0.3) is 0 Å². The summed E-state index contributed by atoms with van der Waals surface area (Å²) in [6.07, 6.45) is -4.76. The van der Waals surface area contributed by atoms with Crippen LogP contribution in [0.4, 0.5) is 24.9 Å². The molecule has 7 nitrogen and oxygen atoms in total. The fourth-order valence-corrected chi connectivity index (χ4v) is 2.12. The molecular weight excluding hydrogens is 363 g/mol. The van der Waals surface area contributed by atoms with Gasteiger partial charge in [-0.15, -0.1) is 13.2 Å². The van der Waals surface area contributed by atoms with Crippen LogP contribution in [0, 0.1) is 6.92 Å². The number of rotatable bonds is 7. The number of hydrogen-bond donors (Lipinski definition) is 2. The summed E-state index contributed by atoms with van der Waals surface area (Å²) < 4.78 is 40.1. The van der Waals surface area contributed by atoms with Crippen molar-refractivity contribution < 1.29 is 22.7 Å². The smallest absolute Gasteiger partial charge is 0.406 e. The molecule has 0 saturated carbocycles. The van der Waals surface area contributed by atoms with Crippen LogP contribution >= 0.6 is 0 Å². The Balaban J connectivity index is 1.82. The van der Waals surface area contributed by atoms with Gasteiger partial charge in [0.05, 0.1) is 0 Å². The first-order valence-electron chi connectivity index (χ1n) is 8.05. The minimum atomic E-state index is -4.76. The molecule has 146 valence electrons. The van der Waals surface area contributed by atoms with Crippen LogP contribution < -0.4 is 20.3 Å². The van der Waals surface area contributed by atoms with E-state index in [0.29, 0.717) is 12.5 Å². The number of nitrogens with zero attached hydrogens (tertiary/aromatic N) is 3. The molecule has 0 atom stereocenters. The Morgan fingerprint density at radius 3 is 2.41 bits per heavy atom. The standard InChI is InChI=1S/C17H20F3N5O2/c1-11-10-14(25(2)3)24-16(23-11)22-9-8-21-15(26)12-4-6-13(7-5-12)27-17(18,19)20/h4-7,10H,8-9H2,1-3H3,(H,21,26)(H,22,23,24). The minimum Gasteiger partial charge on any atom is -0.406 e. The number of aromatic nitrogens is 2. The van der Waals surface area contributed by atoms with Gasteiger partial charge in [0.25, 0.3) is 5.91 Å². The second kappa shape index (κ2) is 8.56. The van der Waals surface area contributed by atoms with Gasteiger partial charge in [-0.1, -0.05) is 0 Å². The van der Waals surface area contributed by atoms with Crippen molar-refractivity contribution in [3.63, 3.8) is 0 Å². The van der Waals surface area contributed by atoms with Crippen LogP contribution in [0.5, 0.6) is 5.75 Å². The Hall–Kier alpha value is -3.04. The molecule has 27 heavy (non-hydrogen) atoms. The second-order valence-electron chi connectivity index (χ2n) is 5.84. The van der Waals surface area contributed by atoms with Gasteiger partial charge in [0, 0.05) is 44.5 Å². The maximum atomic E-state index is 12.1. The zero-order valence-electron chi connectivity index (χ0n) is 15.1. The number of aryl methyl sites for hydroxylation is 1. The largest absolute Gasteiger partial charge is 0.573 e. The minimum absolute atomic E-state index is 0.228. The van der Waals surface area contributed by atoms with E-state index in [1.165, 1.54) is 12.1 Å². The van der Waals surface area contributed by atoms with E-state index in [1.807, 2.05) is 32.0 Å². The monoisotopic (exact) mass is 383 g/mol. The van der Waals surface area contributed by atoms with Crippen LogP contribution in [-0.2, 0) is 0 Å². The summed E-state index contributed by atoms with van der Waals surface area (Å²) in [5.74, 6) is 0.417. The lowest BCUT2D eigenvalue weighted by Gasteiger charge is -2.14. The summed E-state index contributed by atoms with van der Waals surface area (Å²) in [6, 6.07) is 6.54. The molecule has 2 N–H and O–H groups in total. The zero-order valence-corrected chi connectivity index (χ0v) is 15.1. The highest BCUT2D eigenvalue weighted by molar-refractivity contribution is 5.94. The maximum absolute atomic E-state index is 12.1. The van der Waals surface area contributed by atoms with Crippen molar-refractivity contribution in [2.75, 3.05) is 37.4 Å². The molecular formula is C17H20F3N5O2. The lowest BCUT2D eigenvalue weighted by molar-refractivity contribution is -0.274. The molecule has 1 amide bonds. The number of ether oxygens (including phenoxy) is 1. The number of carbonyl (C=O) groups is 1. The van der Waals surface area contributed by atoms with Crippen LogP contribution in [0.3, 0.4) is 0 Å². The Bertz CT molecular complexity index is 779. The fraction of sp³-hybridized carbons (Fsp3) is 0.353. The van der Waals surface area contributed by atoms with Crippen molar-refractivity contribution in [2.24, 2.45) is 0 Å². The van der Waals surface area contributed by atoms with Crippen molar-refractivity contribution >= 4 is 17.7 Å². The Morgan fingerprint density at radius 2 is 1.81 bits per heavy atom. The molecule has 0 radical (unpaired) electrons. The Morgan fingerprint density at radius 1 is 1.15 bits per heavy atom. The predicted octanol–water partition coefficient (Wildman–Crippen LogP) is 2.59. The highest BCUT2D eigenvalue weighted by Crippen LogP contribution is 2.22. The first-order chi connectivity index (χ1) is 12.6. The first kappa shape index (κ1) is 20.3. The van der Waals surface area contributed by atoms with Gasteiger partial charge < -0.3 is 20.3 Å². The average molecular weight is 383 g/mol. The third kappa shape index (κ3) is 6.65. The number of alkyl halides is 3. The van der Waals surface area contributed by atoms with Gasteiger partial charge in [0.1, 0.15) is 11.6 Å². The third-order valence-electron chi connectivity index (χ3n) is 3.34. The second-order valence-corrected chi connectivity index (χ2v) is 5.84. The number of amides is 1. The van der Waals surface area contributed by atoms with E-state index in [2.05, 4.69) is 25.3 Å². The van der Waals surface area contributed by atoms with Crippen LogP contribution in [0.1, 0.15) is 16.1 Å². The van der Waals surface area contributed by atoms with Gasteiger partial charge in [0.2, 0.25) is 5.95 Å². The molecule has 0 spiro atoms. The molecule has 0 unspecified atom stereocenters. The number of carbonyl (C=O) groups excluding carboxylic acids is 1. The topological polar surface area (TPSA) is 79.4 Å². The molecule has 0 aliphatic rings. The van der Waals surface area contributed by atoms with Crippen molar-refractivity contribution in [3.8, 4) is 5.75 Å². The molecule has 10 heteroatoms.